The highest BCUT2D eigenvalue weighted by atomic mass is 16.2. The number of rotatable bonds is 6. The van der Waals surface area contributed by atoms with Crippen molar-refractivity contribution in [2.45, 2.75) is 65.3 Å². The number of hydrogen-bond acceptors (Lipinski definition) is 2. The molecule has 0 N–H and O–H groups in total. The van der Waals surface area contributed by atoms with Crippen molar-refractivity contribution in [3.05, 3.63) is 88.5 Å². The van der Waals surface area contributed by atoms with Gasteiger partial charge in [0.15, 0.2) is 0 Å². The summed E-state index contributed by atoms with van der Waals surface area (Å²) in [5.41, 5.74) is 8.01. The number of carbonyl (C=O) groups excluding carboxylic acids is 2. The standard InChI is InChI=1S/C28H33NO2/c1-8-26(31)29(18-30)17-21-9-11-22(12-10-21)20(3)23-16-25-24(15-19(23)2)27(4,5)13-14-28(25,6)7/h9-16,18H,3,8,17H2,1-2,4-7H3. The molecule has 0 heterocycles. The van der Waals surface area contributed by atoms with Crippen LogP contribution in [0.3, 0.4) is 0 Å². The Labute approximate surface area is 186 Å². The van der Waals surface area contributed by atoms with E-state index in [1.807, 2.05) is 24.3 Å². The molecule has 0 saturated carbocycles. The average Bonchev–Trinajstić information content (AvgIpc) is 2.74. The second-order valence-electron chi connectivity index (χ2n) is 9.65. The second kappa shape index (κ2) is 8.30. The Morgan fingerprint density at radius 3 is 2.06 bits per heavy atom. The molecule has 0 bridgehead atoms. The van der Waals surface area contributed by atoms with E-state index >= 15 is 0 Å². The van der Waals surface area contributed by atoms with Crippen LogP contribution in [-0.2, 0) is 27.0 Å². The van der Waals surface area contributed by atoms with Crippen molar-refractivity contribution in [2.24, 2.45) is 0 Å². The Bertz CT molecular complexity index is 1060. The molecule has 0 fully saturated rings. The summed E-state index contributed by atoms with van der Waals surface area (Å²) in [6.07, 6.45) is 5.54. The van der Waals surface area contributed by atoms with Crippen LogP contribution in [0.5, 0.6) is 0 Å². The molecular weight excluding hydrogens is 382 g/mol. The fraction of sp³-hybridized carbons (Fsp3) is 0.357. The molecule has 0 saturated heterocycles. The van der Waals surface area contributed by atoms with Gasteiger partial charge in [0.05, 0.1) is 6.54 Å². The Balaban J connectivity index is 1.92. The Hall–Kier alpha value is -2.94. The number of fused-ring (bicyclic) bond motifs is 1. The molecule has 0 unspecified atom stereocenters. The third-order valence-corrected chi connectivity index (χ3v) is 6.40. The van der Waals surface area contributed by atoms with E-state index in [1.165, 1.54) is 21.6 Å². The molecule has 0 radical (unpaired) electrons. The molecule has 31 heavy (non-hydrogen) atoms. The lowest BCUT2D eigenvalue weighted by Crippen LogP contribution is -2.29. The van der Waals surface area contributed by atoms with E-state index in [1.54, 1.807) is 6.92 Å². The van der Waals surface area contributed by atoms with Crippen molar-refractivity contribution in [1.29, 1.82) is 0 Å². The van der Waals surface area contributed by atoms with Gasteiger partial charge in [-0.05, 0) is 51.9 Å². The van der Waals surface area contributed by atoms with Crippen LogP contribution in [0.1, 0.15) is 74.4 Å². The number of allylic oxidation sites excluding steroid dienone is 2. The summed E-state index contributed by atoms with van der Waals surface area (Å²) in [7, 11) is 0. The van der Waals surface area contributed by atoms with Gasteiger partial charge in [-0.2, -0.15) is 0 Å². The lowest BCUT2D eigenvalue weighted by atomic mass is 9.67. The van der Waals surface area contributed by atoms with Crippen LogP contribution in [0.25, 0.3) is 5.57 Å². The van der Waals surface area contributed by atoms with Crippen LogP contribution >= 0.6 is 0 Å². The summed E-state index contributed by atoms with van der Waals surface area (Å²) in [5, 5.41) is 0. The highest BCUT2D eigenvalue weighted by molar-refractivity contribution is 5.86. The van der Waals surface area contributed by atoms with E-state index in [0.29, 0.717) is 12.8 Å². The summed E-state index contributed by atoms with van der Waals surface area (Å²) in [6, 6.07) is 12.6. The van der Waals surface area contributed by atoms with Gasteiger partial charge in [0.2, 0.25) is 12.3 Å². The van der Waals surface area contributed by atoms with Crippen molar-refractivity contribution in [3.8, 4) is 0 Å². The molecule has 2 aromatic carbocycles. The van der Waals surface area contributed by atoms with Gasteiger partial charge < -0.3 is 0 Å². The van der Waals surface area contributed by atoms with E-state index in [9.17, 15) is 9.59 Å². The number of carbonyl (C=O) groups is 2. The van der Waals surface area contributed by atoms with E-state index in [4.69, 9.17) is 0 Å². The van der Waals surface area contributed by atoms with Crippen molar-refractivity contribution in [1.82, 2.24) is 4.90 Å². The average molecular weight is 416 g/mol. The molecule has 3 heteroatoms. The molecule has 3 nitrogen and oxygen atoms in total. The molecule has 1 aliphatic rings. The molecule has 0 aliphatic heterocycles. The molecular formula is C28H33NO2. The highest BCUT2D eigenvalue weighted by Crippen LogP contribution is 2.43. The van der Waals surface area contributed by atoms with Gasteiger partial charge in [-0.25, -0.2) is 0 Å². The zero-order chi connectivity index (χ0) is 23.0. The van der Waals surface area contributed by atoms with E-state index in [2.05, 4.69) is 65.5 Å². The molecule has 2 aromatic rings. The smallest absolute Gasteiger partial charge is 0.228 e. The summed E-state index contributed by atoms with van der Waals surface area (Å²) < 4.78 is 0. The topological polar surface area (TPSA) is 37.4 Å². The minimum absolute atomic E-state index is 0.0114. The third-order valence-electron chi connectivity index (χ3n) is 6.40. The van der Waals surface area contributed by atoms with Gasteiger partial charge in [0.1, 0.15) is 0 Å². The van der Waals surface area contributed by atoms with Crippen molar-refractivity contribution in [3.63, 3.8) is 0 Å². The van der Waals surface area contributed by atoms with Crippen LogP contribution in [-0.4, -0.2) is 17.2 Å². The van der Waals surface area contributed by atoms with Gasteiger partial charge in [-0.15, -0.1) is 0 Å². The summed E-state index contributed by atoms with van der Waals surface area (Å²) in [4.78, 5) is 24.3. The maximum absolute atomic E-state index is 11.8. The molecule has 3 rings (SSSR count). The third kappa shape index (κ3) is 4.41. The van der Waals surface area contributed by atoms with Gasteiger partial charge >= 0.3 is 0 Å². The molecule has 1 aliphatic carbocycles. The largest absolute Gasteiger partial charge is 0.281 e. The van der Waals surface area contributed by atoms with Crippen LogP contribution in [0.15, 0.2) is 55.1 Å². The fourth-order valence-electron chi connectivity index (χ4n) is 4.25. The van der Waals surface area contributed by atoms with Crippen LogP contribution < -0.4 is 0 Å². The van der Waals surface area contributed by atoms with Gasteiger partial charge in [0.25, 0.3) is 0 Å². The lowest BCUT2D eigenvalue weighted by Gasteiger charge is -2.37. The predicted molar refractivity (Wildman–Crippen MR) is 128 cm³/mol. The second-order valence-corrected chi connectivity index (χ2v) is 9.65. The number of benzene rings is 2. The van der Waals surface area contributed by atoms with Crippen molar-refractivity contribution >= 4 is 17.9 Å². The number of hydrogen-bond donors (Lipinski definition) is 0. The Morgan fingerprint density at radius 1 is 1.00 bits per heavy atom. The number of aryl methyl sites for hydroxylation is 1. The Morgan fingerprint density at radius 2 is 1.55 bits per heavy atom. The van der Waals surface area contributed by atoms with Gasteiger partial charge in [-0.3, -0.25) is 14.5 Å². The Kier molecular flexibility index (Phi) is 6.09. The SMILES string of the molecule is C=C(c1ccc(CN(C=O)C(=O)CC)cc1)c1cc2c(cc1C)C(C)(C)C=CC2(C)C. The summed E-state index contributed by atoms with van der Waals surface area (Å²) in [6.45, 7) is 17.6. The monoisotopic (exact) mass is 415 g/mol. The lowest BCUT2D eigenvalue weighted by molar-refractivity contribution is -0.138. The summed E-state index contributed by atoms with van der Waals surface area (Å²) >= 11 is 0. The molecule has 2 amide bonds. The van der Waals surface area contributed by atoms with Crippen LogP contribution in [0.4, 0.5) is 0 Å². The fourth-order valence-corrected chi connectivity index (χ4v) is 4.25. The van der Waals surface area contributed by atoms with Crippen molar-refractivity contribution in [2.75, 3.05) is 0 Å². The number of imide groups is 1. The highest BCUT2D eigenvalue weighted by Gasteiger charge is 2.33. The van der Waals surface area contributed by atoms with Crippen molar-refractivity contribution < 1.29 is 9.59 Å². The number of nitrogens with zero attached hydrogens (tertiary/aromatic N) is 1. The molecule has 162 valence electrons. The molecule has 0 aromatic heterocycles. The van der Waals surface area contributed by atoms with Gasteiger partial charge in [-0.1, -0.05) is 83.7 Å². The maximum atomic E-state index is 11.8. The first-order valence-electron chi connectivity index (χ1n) is 10.9. The first-order valence-corrected chi connectivity index (χ1v) is 10.9. The minimum atomic E-state index is -0.173. The molecule has 0 spiro atoms. The van der Waals surface area contributed by atoms with Gasteiger partial charge in [0, 0.05) is 17.3 Å². The minimum Gasteiger partial charge on any atom is -0.281 e. The first kappa shape index (κ1) is 22.7. The number of amides is 2. The quantitative estimate of drug-likeness (QED) is 0.424. The zero-order valence-electron chi connectivity index (χ0n) is 19.6. The van der Waals surface area contributed by atoms with E-state index in [0.717, 1.165) is 22.3 Å². The summed E-state index contributed by atoms with van der Waals surface area (Å²) in [5.74, 6) is -0.173. The van der Waals surface area contributed by atoms with Crippen LogP contribution in [0, 0.1) is 6.92 Å². The first-order chi connectivity index (χ1) is 14.5. The zero-order valence-corrected chi connectivity index (χ0v) is 19.6. The molecule has 0 atom stereocenters. The van der Waals surface area contributed by atoms with E-state index in [-0.39, 0.29) is 23.3 Å². The van der Waals surface area contributed by atoms with Crippen LogP contribution in [0.2, 0.25) is 0 Å². The maximum Gasteiger partial charge on any atom is 0.228 e. The van der Waals surface area contributed by atoms with E-state index < -0.39 is 0 Å². The predicted octanol–water partition coefficient (Wildman–Crippen LogP) is 6.08. The normalized spacial score (nSPS) is 15.8.